The molecule has 1 aliphatic heterocycles. The highest BCUT2D eigenvalue weighted by molar-refractivity contribution is 7.12. The molecule has 1 aliphatic rings. The van der Waals surface area contributed by atoms with Gasteiger partial charge in [0, 0.05) is 24.5 Å². The zero-order chi connectivity index (χ0) is 14.0. The summed E-state index contributed by atoms with van der Waals surface area (Å²) < 4.78 is 5.06. The molecule has 19 heavy (non-hydrogen) atoms. The third-order valence-electron chi connectivity index (χ3n) is 3.32. The van der Waals surface area contributed by atoms with E-state index in [1.54, 1.807) is 23.5 Å². The Morgan fingerprint density at radius 3 is 2.79 bits per heavy atom. The van der Waals surface area contributed by atoms with Crippen molar-refractivity contribution in [2.75, 3.05) is 20.2 Å². The molecule has 1 N–H and O–H groups in total. The highest BCUT2D eigenvalue weighted by atomic mass is 32.1. The molecule has 104 valence electrons. The third-order valence-corrected chi connectivity index (χ3v) is 4.21. The van der Waals surface area contributed by atoms with Crippen LogP contribution >= 0.6 is 11.3 Å². The summed E-state index contributed by atoms with van der Waals surface area (Å²) in [6.45, 7) is 2.88. The number of carboxylic acid groups (broad SMARTS) is 1. The molecule has 1 amide bonds. The molecule has 0 radical (unpaired) electrons. The van der Waals surface area contributed by atoms with E-state index < -0.39 is 11.9 Å². The number of ether oxygens (including phenoxy) is 1. The fourth-order valence-corrected chi connectivity index (χ4v) is 3.21. The van der Waals surface area contributed by atoms with E-state index in [1.807, 2.05) is 6.92 Å². The van der Waals surface area contributed by atoms with E-state index in [9.17, 15) is 9.59 Å². The normalized spacial score (nSPS) is 23.2. The maximum atomic E-state index is 12.3. The molecule has 2 rings (SSSR count). The highest BCUT2D eigenvalue weighted by Crippen LogP contribution is 2.27. The Hall–Kier alpha value is -1.56. The maximum absolute atomic E-state index is 12.3. The molecule has 0 aromatic carbocycles. The number of rotatable bonds is 3. The molecule has 6 heteroatoms. The predicted molar refractivity (Wildman–Crippen MR) is 71.7 cm³/mol. The third kappa shape index (κ3) is 3.07. The topological polar surface area (TPSA) is 66.8 Å². The fourth-order valence-electron chi connectivity index (χ4n) is 2.39. The predicted octanol–water partition coefficient (Wildman–Crippen LogP) is 1.94. The van der Waals surface area contributed by atoms with Gasteiger partial charge in [0.25, 0.3) is 5.91 Å². The van der Waals surface area contributed by atoms with Crippen LogP contribution in [0.1, 0.15) is 23.0 Å². The van der Waals surface area contributed by atoms with Crippen molar-refractivity contribution in [1.29, 1.82) is 0 Å². The van der Waals surface area contributed by atoms with Gasteiger partial charge in [0.05, 0.1) is 17.9 Å². The van der Waals surface area contributed by atoms with Crippen molar-refractivity contribution < 1.29 is 19.4 Å². The number of likely N-dealkylation sites (tertiary alicyclic amines) is 1. The molecule has 2 heterocycles. The van der Waals surface area contributed by atoms with E-state index in [2.05, 4.69) is 0 Å². The zero-order valence-corrected chi connectivity index (χ0v) is 11.8. The van der Waals surface area contributed by atoms with Crippen molar-refractivity contribution in [2.24, 2.45) is 11.8 Å². The molecule has 1 saturated heterocycles. The summed E-state index contributed by atoms with van der Waals surface area (Å²) in [5.41, 5.74) is 0. The van der Waals surface area contributed by atoms with E-state index in [-0.39, 0.29) is 11.8 Å². The van der Waals surface area contributed by atoms with Crippen LogP contribution in [0.3, 0.4) is 0 Å². The quantitative estimate of drug-likeness (QED) is 0.920. The van der Waals surface area contributed by atoms with Crippen molar-refractivity contribution in [2.45, 2.75) is 13.3 Å². The van der Waals surface area contributed by atoms with E-state index in [0.717, 1.165) is 0 Å². The van der Waals surface area contributed by atoms with Crippen molar-refractivity contribution in [3.8, 4) is 5.75 Å². The van der Waals surface area contributed by atoms with Crippen molar-refractivity contribution in [1.82, 2.24) is 4.90 Å². The second-order valence-corrected chi connectivity index (χ2v) is 5.85. The van der Waals surface area contributed by atoms with Crippen LogP contribution in [0.15, 0.2) is 11.4 Å². The van der Waals surface area contributed by atoms with Gasteiger partial charge in [-0.3, -0.25) is 9.59 Å². The van der Waals surface area contributed by atoms with Gasteiger partial charge in [-0.25, -0.2) is 0 Å². The number of methoxy groups -OCH3 is 1. The molecule has 2 atom stereocenters. The van der Waals surface area contributed by atoms with E-state index in [4.69, 9.17) is 9.84 Å². The number of amides is 1. The Morgan fingerprint density at radius 1 is 1.47 bits per heavy atom. The molecule has 0 bridgehead atoms. The van der Waals surface area contributed by atoms with Crippen LogP contribution in [0.5, 0.6) is 5.75 Å². The Balaban J connectivity index is 2.11. The van der Waals surface area contributed by atoms with Crippen LogP contribution in [0, 0.1) is 11.8 Å². The van der Waals surface area contributed by atoms with Crippen molar-refractivity contribution >= 4 is 23.2 Å². The lowest BCUT2D eigenvalue weighted by Crippen LogP contribution is -2.45. The lowest BCUT2D eigenvalue weighted by molar-refractivity contribution is -0.143. The lowest BCUT2D eigenvalue weighted by Gasteiger charge is -2.34. The molecule has 1 aromatic rings. The Bertz CT molecular complexity index is 485. The monoisotopic (exact) mass is 283 g/mol. The zero-order valence-electron chi connectivity index (χ0n) is 11.0. The van der Waals surface area contributed by atoms with Gasteiger partial charge < -0.3 is 14.7 Å². The SMILES string of the molecule is COc1csc(C(=O)N2CC(C)CC(C(=O)O)C2)c1. The summed E-state index contributed by atoms with van der Waals surface area (Å²) in [6, 6.07) is 1.70. The summed E-state index contributed by atoms with van der Waals surface area (Å²) in [7, 11) is 1.56. The molecule has 2 unspecified atom stereocenters. The minimum atomic E-state index is -0.826. The molecule has 1 fully saturated rings. The number of hydrogen-bond acceptors (Lipinski definition) is 4. The van der Waals surface area contributed by atoms with Crippen molar-refractivity contribution in [3.05, 3.63) is 16.3 Å². The minimum absolute atomic E-state index is 0.105. The number of hydrogen-bond donors (Lipinski definition) is 1. The summed E-state index contributed by atoms with van der Waals surface area (Å²) in [5.74, 6) is -0.525. The summed E-state index contributed by atoms with van der Waals surface area (Å²) >= 11 is 1.32. The number of carboxylic acids is 1. The lowest BCUT2D eigenvalue weighted by atomic mass is 9.90. The van der Waals surface area contributed by atoms with E-state index in [0.29, 0.717) is 30.1 Å². The van der Waals surface area contributed by atoms with Crippen LogP contribution in [-0.4, -0.2) is 42.1 Å². The Morgan fingerprint density at radius 2 is 2.21 bits per heavy atom. The van der Waals surface area contributed by atoms with Gasteiger partial charge in [-0.1, -0.05) is 6.92 Å². The second-order valence-electron chi connectivity index (χ2n) is 4.94. The first-order chi connectivity index (χ1) is 9.01. The molecule has 0 spiro atoms. The number of aliphatic carboxylic acids is 1. The van der Waals surface area contributed by atoms with Crippen LogP contribution < -0.4 is 4.74 Å². The van der Waals surface area contributed by atoms with Gasteiger partial charge in [-0.15, -0.1) is 11.3 Å². The van der Waals surface area contributed by atoms with Crippen LogP contribution in [0.4, 0.5) is 0 Å². The van der Waals surface area contributed by atoms with E-state index in [1.165, 1.54) is 11.3 Å². The van der Waals surface area contributed by atoms with Gasteiger partial charge in [0.1, 0.15) is 5.75 Å². The molecule has 5 nitrogen and oxygen atoms in total. The van der Waals surface area contributed by atoms with Gasteiger partial charge in [0.2, 0.25) is 0 Å². The first kappa shape index (κ1) is 13.9. The van der Waals surface area contributed by atoms with Crippen molar-refractivity contribution in [3.63, 3.8) is 0 Å². The average Bonchev–Trinajstić information content (AvgIpc) is 2.85. The van der Waals surface area contributed by atoms with Crippen LogP contribution in [0.2, 0.25) is 0 Å². The van der Waals surface area contributed by atoms with Gasteiger partial charge >= 0.3 is 5.97 Å². The number of carbonyl (C=O) groups is 2. The fraction of sp³-hybridized carbons (Fsp3) is 0.538. The molecular formula is C13H17NO4S. The highest BCUT2D eigenvalue weighted by Gasteiger charge is 2.32. The van der Waals surface area contributed by atoms with Gasteiger partial charge in [-0.05, 0) is 12.3 Å². The molecule has 0 aliphatic carbocycles. The Labute approximate surface area is 115 Å². The standard InChI is InChI=1S/C13H17NO4S/c1-8-3-9(13(16)17)6-14(5-8)12(15)11-4-10(18-2)7-19-11/h4,7-9H,3,5-6H2,1-2H3,(H,16,17). The van der Waals surface area contributed by atoms with Gasteiger partial charge in [0.15, 0.2) is 0 Å². The smallest absolute Gasteiger partial charge is 0.308 e. The van der Waals surface area contributed by atoms with Gasteiger partial charge in [-0.2, -0.15) is 0 Å². The Kier molecular flexibility index (Phi) is 4.09. The molecule has 0 saturated carbocycles. The minimum Gasteiger partial charge on any atom is -0.496 e. The first-order valence-electron chi connectivity index (χ1n) is 6.16. The molecular weight excluding hydrogens is 266 g/mol. The second kappa shape index (κ2) is 5.61. The number of piperidine rings is 1. The summed E-state index contributed by atoms with van der Waals surface area (Å²) in [4.78, 5) is 25.7. The molecule has 1 aromatic heterocycles. The van der Waals surface area contributed by atoms with E-state index >= 15 is 0 Å². The van der Waals surface area contributed by atoms with Crippen LogP contribution in [0.25, 0.3) is 0 Å². The number of thiophene rings is 1. The van der Waals surface area contributed by atoms with Crippen LogP contribution in [-0.2, 0) is 4.79 Å². The average molecular weight is 283 g/mol. The summed E-state index contributed by atoms with van der Waals surface area (Å²) in [5, 5.41) is 10.9. The number of nitrogens with zero attached hydrogens (tertiary/aromatic N) is 1. The summed E-state index contributed by atoms with van der Waals surface area (Å²) in [6.07, 6.45) is 0.632. The largest absolute Gasteiger partial charge is 0.496 e. The first-order valence-corrected chi connectivity index (χ1v) is 7.03. The maximum Gasteiger partial charge on any atom is 0.308 e. The number of carbonyl (C=O) groups excluding carboxylic acids is 1.